The van der Waals surface area contributed by atoms with Gasteiger partial charge in [0.2, 0.25) is 0 Å². The number of carbonyl (C=O) groups excluding carboxylic acids is 2. The molecule has 2 aromatic heterocycles. The number of carbonyl (C=O) groups is 2. The monoisotopic (exact) mass is 529 g/mol. The van der Waals surface area contributed by atoms with Gasteiger partial charge in [0.1, 0.15) is 17.2 Å². The van der Waals surface area contributed by atoms with Gasteiger partial charge in [0.25, 0.3) is 5.91 Å². The smallest absolute Gasteiger partial charge is 0.414 e. The van der Waals surface area contributed by atoms with Crippen LogP contribution in [0.5, 0.6) is 5.75 Å². The lowest BCUT2D eigenvalue weighted by molar-refractivity contribution is 0.0577. The Morgan fingerprint density at radius 3 is 2.64 bits per heavy atom. The molecule has 3 aromatic rings. The fourth-order valence-corrected chi connectivity index (χ4v) is 5.07. The molecule has 204 valence electrons. The predicted octanol–water partition coefficient (Wildman–Crippen LogP) is 5.53. The topological polar surface area (TPSA) is 88.1 Å². The Bertz CT molecular complexity index is 1400. The Labute approximate surface area is 229 Å². The molecule has 2 amide bonds. The van der Waals surface area contributed by atoms with Crippen molar-refractivity contribution in [2.75, 3.05) is 41.4 Å². The SMILES string of the molecule is CCN1c2ncc(CCOc3cccc4c3CCCN4C(=O)OC(C)(C)C)cc2C(=O)N(C)c2cccnc21. The van der Waals surface area contributed by atoms with Gasteiger partial charge in [0, 0.05) is 44.5 Å². The number of amides is 2. The number of rotatable bonds is 5. The summed E-state index contributed by atoms with van der Waals surface area (Å²) in [6.07, 6.45) is 5.43. The van der Waals surface area contributed by atoms with Crippen LogP contribution in [0, 0.1) is 0 Å². The molecule has 5 rings (SSSR count). The number of pyridine rings is 2. The molecule has 2 aliphatic rings. The van der Waals surface area contributed by atoms with Crippen molar-refractivity contribution in [3.8, 4) is 5.75 Å². The van der Waals surface area contributed by atoms with Crippen LogP contribution in [0.3, 0.4) is 0 Å². The molecule has 9 nitrogen and oxygen atoms in total. The second kappa shape index (κ2) is 10.6. The van der Waals surface area contributed by atoms with Crippen LogP contribution < -0.4 is 19.4 Å². The van der Waals surface area contributed by atoms with Crippen molar-refractivity contribution in [1.29, 1.82) is 0 Å². The summed E-state index contributed by atoms with van der Waals surface area (Å²) in [6.45, 7) is 9.28. The van der Waals surface area contributed by atoms with Gasteiger partial charge in [-0.05, 0) is 76.4 Å². The van der Waals surface area contributed by atoms with Gasteiger partial charge in [-0.15, -0.1) is 0 Å². The number of aromatic nitrogens is 2. The average molecular weight is 530 g/mol. The zero-order valence-corrected chi connectivity index (χ0v) is 23.2. The van der Waals surface area contributed by atoms with E-state index in [1.54, 1.807) is 29.2 Å². The summed E-state index contributed by atoms with van der Waals surface area (Å²) in [5.74, 6) is 1.96. The van der Waals surface area contributed by atoms with Gasteiger partial charge in [-0.2, -0.15) is 0 Å². The number of fused-ring (bicyclic) bond motifs is 3. The number of hydrogen-bond acceptors (Lipinski definition) is 7. The van der Waals surface area contributed by atoms with E-state index in [4.69, 9.17) is 14.5 Å². The third-order valence-corrected chi connectivity index (χ3v) is 6.88. The van der Waals surface area contributed by atoms with Crippen LogP contribution in [0.4, 0.5) is 27.8 Å². The second-order valence-electron chi connectivity index (χ2n) is 10.8. The zero-order chi connectivity index (χ0) is 27.7. The van der Waals surface area contributed by atoms with Gasteiger partial charge in [0.15, 0.2) is 5.82 Å². The van der Waals surface area contributed by atoms with E-state index in [1.165, 1.54) is 0 Å². The fourth-order valence-electron chi connectivity index (χ4n) is 5.07. The highest BCUT2D eigenvalue weighted by molar-refractivity contribution is 6.12. The average Bonchev–Trinajstić information content (AvgIpc) is 3.00. The van der Waals surface area contributed by atoms with E-state index in [0.29, 0.717) is 43.3 Å². The standard InChI is InChI=1S/C30H35N5O4/c1-6-34-26-22(28(36)33(5)24-12-8-15-31-27(24)34)18-20(19-32-26)14-17-38-25-13-7-11-23-21(25)10-9-16-35(23)29(37)39-30(2,3)4/h7-8,11-13,15,18-19H,6,9-10,14,16-17H2,1-5H3. The van der Waals surface area contributed by atoms with Gasteiger partial charge in [-0.25, -0.2) is 14.8 Å². The van der Waals surface area contributed by atoms with Crippen molar-refractivity contribution in [2.45, 2.75) is 52.6 Å². The zero-order valence-electron chi connectivity index (χ0n) is 23.2. The number of anilines is 4. The lowest BCUT2D eigenvalue weighted by Crippen LogP contribution is -2.39. The Morgan fingerprint density at radius 1 is 1.08 bits per heavy atom. The molecule has 4 heterocycles. The van der Waals surface area contributed by atoms with Crippen LogP contribution in [0.15, 0.2) is 48.8 Å². The number of ether oxygens (including phenoxy) is 2. The minimum atomic E-state index is -0.561. The largest absolute Gasteiger partial charge is 0.493 e. The van der Waals surface area contributed by atoms with Gasteiger partial charge < -0.3 is 19.3 Å². The molecule has 0 saturated heterocycles. The molecule has 2 aliphatic heterocycles. The maximum atomic E-state index is 13.4. The summed E-state index contributed by atoms with van der Waals surface area (Å²) in [7, 11) is 1.76. The summed E-state index contributed by atoms with van der Waals surface area (Å²) in [6, 6.07) is 11.4. The first kappa shape index (κ1) is 26.5. The van der Waals surface area contributed by atoms with Gasteiger partial charge >= 0.3 is 6.09 Å². The first-order chi connectivity index (χ1) is 18.7. The van der Waals surface area contributed by atoms with Crippen LogP contribution in [-0.4, -0.2) is 54.3 Å². The summed E-state index contributed by atoms with van der Waals surface area (Å²) < 4.78 is 11.8. The van der Waals surface area contributed by atoms with E-state index in [0.717, 1.165) is 41.1 Å². The van der Waals surface area contributed by atoms with E-state index in [9.17, 15) is 9.59 Å². The summed E-state index contributed by atoms with van der Waals surface area (Å²) in [4.78, 5) is 40.7. The van der Waals surface area contributed by atoms with Crippen LogP contribution >= 0.6 is 0 Å². The fraction of sp³-hybridized carbons (Fsp3) is 0.400. The summed E-state index contributed by atoms with van der Waals surface area (Å²) in [5, 5.41) is 0. The molecule has 0 atom stereocenters. The molecule has 0 bridgehead atoms. The van der Waals surface area contributed by atoms with E-state index >= 15 is 0 Å². The van der Waals surface area contributed by atoms with E-state index < -0.39 is 5.60 Å². The molecule has 0 N–H and O–H groups in total. The second-order valence-corrected chi connectivity index (χ2v) is 10.8. The Morgan fingerprint density at radius 2 is 1.87 bits per heavy atom. The van der Waals surface area contributed by atoms with Crippen LogP contribution in [0.2, 0.25) is 0 Å². The Hall–Kier alpha value is -4.14. The highest BCUT2D eigenvalue weighted by atomic mass is 16.6. The predicted molar refractivity (Wildman–Crippen MR) is 151 cm³/mol. The molecule has 1 aromatic carbocycles. The molecular formula is C30H35N5O4. The third kappa shape index (κ3) is 5.26. The van der Waals surface area contributed by atoms with Crippen molar-refractivity contribution in [3.63, 3.8) is 0 Å². The molecule has 0 radical (unpaired) electrons. The first-order valence-corrected chi connectivity index (χ1v) is 13.4. The van der Waals surface area contributed by atoms with Gasteiger partial charge in [0.05, 0.1) is 23.5 Å². The molecule has 0 saturated carbocycles. The van der Waals surface area contributed by atoms with E-state index in [1.807, 2.05) is 69.0 Å². The molecule has 0 spiro atoms. The van der Waals surface area contributed by atoms with E-state index in [2.05, 4.69) is 4.98 Å². The van der Waals surface area contributed by atoms with E-state index in [-0.39, 0.29) is 12.0 Å². The number of nitrogens with zero attached hydrogens (tertiary/aromatic N) is 5. The molecule has 0 unspecified atom stereocenters. The summed E-state index contributed by atoms with van der Waals surface area (Å²) >= 11 is 0. The van der Waals surface area contributed by atoms with Crippen molar-refractivity contribution in [3.05, 3.63) is 65.5 Å². The quantitative estimate of drug-likeness (QED) is 0.429. The first-order valence-electron chi connectivity index (χ1n) is 13.4. The lowest BCUT2D eigenvalue weighted by Gasteiger charge is -2.32. The van der Waals surface area contributed by atoms with Gasteiger partial charge in [-0.3, -0.25) is 9.69 Å². The Balaban J connectivity index is 1.33. The maximum absolute atomic E-state index is 13.4. The number of benzene rings is 1. The van der Waals surface area contributed by atoms with Crippen LogP contribution in [0.1, 0.15) is 55.6 Å². The molecule has 0 aliphatic carbocycles. The minimum absolute atomic E-state index is 0.121. The highest BCUT2D eigenvalue weighted by Gasteiger charge is 2.31. The van der Waals surface area contributed by atoms with Crippen molar-refractivity contribution < 1.29 is 19.1 Å². The molecular weight excluding hydrogens is 494 g/mol. The third-order valence-electron chi connectivity index (χ3n) is 6.88. The Kier molecular flexibility index (Phi) is 7.16. The maximum Gasteiger partial charge on any atom is 0.414 e. The molecule has 39 heavy (non-hydrogen) atoms. The normalized spacial score (nSPS) is 14.8. The number of hydrogen-bond donors (Lipinski definition) is 0. The molecule has 0 fully saturated rings. The minimum Gasteiger partial charge on any atom is -0.493 e. The van der Waals surface area contributed by atoms with Gasteiger partial charge in [-0.1, -0.05) is 6.07 Å². The molecule has 9 heteroatoms. The van der Waals surface area contributed by atoms with Crippen molar-refractivity contribution in [2.24, 2.45) is 0 Å². The van der Waals surface area contributed by atoms with Crippen molar-refractivity contribution in [1.82, 2.24) is 9.97 Å². The summed E-state index contributed by atoms with van der Waals surface area (Å²) in [5.41, 5.74) is 3.48. The van der Waals surface area contributed by atoms with Crippen LogP contribution in [-0.2, 0) is 17.6 Å². The van der Waals surface area contributed by atoms with Crippen LogP contribution in [0.25, 0.3) is 0 Å². The highest BCUT2D eigenvalue weighted by Crippen LogP contribution is 2.38. The lowest BCUT2D eigenvalue weighted by atomic mass is 10.0. The van der Waals surface area contributed by atoms with Crippen molar-refractivity contribution >= 4 is 35.0 Å².